The third-order valence-corrected chi connectivity index (χ3v) is 3.33. The van der Waals surface area contributed by atoms with E-state index in [9.17, 15) is 14.9 Å². The van der Waals surface area contributed by atoms with Crippen LogP contribution in [0.15, 0.2) is 34.9 Å². The minimum atomic E-state index is -0.464. The summed E-state index contributed by atoms with van der Waals surface area (Å²) in [6.45, 7) is 3.50. The number of carbonyl (C=O) groups excluding carboxylic acids is 1. The van der Waals surface area contributed by atoms with Crippen molar-refractivity contribution in [1.82, 2.24) is 10.1 Å². The Kier molecular flexibility index (Phi) is 4.40. The Hall–Kier alpha value is -2.90. The molecule has 2 aromatic rings. The molecule has 1 atom stereocenters. The third-order valence-electron chi connectivity index (χ3n) is 3.33. The number of nitro groups is 1. The molecule has 1 aromatic carbocycles. The number of aromatic nitrogens is 1. The van der Waals surface area contributed by atoms with Gasteiger partial charge in [-0.3, -0.25) is 15.4 Å². The van der Waals surface area contributed by atoms with E-state index < -0.39 is 4.92 Å². The molecule has 0 saturated heterocycles. The van der Waals surface area contributed by atoms with Gasteiger partial charge in [0.15, 0.2) is 5.82 Å². The minimum Gasteiger partial charge on any atom is -0.360 e. The Morgan fingerprint density at radius 2 is 2.18 bits per heavy atom. The molecule has 8 heteroatoms. The molecule has 1 aromatic heterocycles. The summed E-state index contributed by atoms with van der Waals surface area (Å²) >= 11 is 0. The van der Waals surface area contributed by atoms with Crippen molar-refractivity contribution in [1.29, 1.82) is 0 Å². The lowest BCUT2D eigenvalue weighted by molar-refractivity contribution is -0.384. The summed E-state index contributed by atoms with van der Waals surface area (Å²) in [4.78, 5) is 23.9. The standard InChI is InChI=1S/C14H16N4O4/c1-9-7-13(16-22-9)15-14(19)17(3)10(2)11-5-4-6-12(8-11)18(20)21/h4-8,10H,1-3H3,(H,15,16,19)/t10-/m1/s1. The number of anilines is 1. The zero-order valence-electron chi connectivity index (χ0n) is 12.4. The van der Waals surface area contributed by atoms with Crippen molar-refractivity contribution in [3.05, 3.63) is 51.8 Å². The monoisotopic (exact) mass is 304 g/mol. The molecule has 0 unspecified atom stereocenters. The first-order valence-corrected chi connectivity index (χ1v) is 6.60. The third kappa shape index (κ3) is 3.40. The molecule has 0 aliphatic heterocycles. The van der Waals surface area contributed by atoms with E-state index in [1.807, 2.05) is 0 Å². The number of amides is 2. The molecule has 1 N–H and O–H groups in total. The van der Waals surface area contributed by atoms with Crippen LogP contribution in [0.2, 0.25) is 0 Å². The number of non-ortho nitro benzene ring substituents is 1. The number of benzene rings is 1. The van der Waals surface area contributed by atoms with E-state index in [1.165, 1.54) is 17.0 Å². The summed E-state index contributed by atoms with van der Waals surface area (Å²) in [7, 11) is 1.60. The minimum absolute atomic E-state index is 0.00900. The smallest absolute Gasteiger partial charge is 0.323 e. The molecule has 0 spiro atoms. The number of nitrogens with zero attached hydrogens (tertiary/aromatic N) is 3. The maximum Gasteiger partial charge on any atom is 0.323 e. The normalized spacial score (nSPS) is 11.8. The second-order valence-corrected chi connectivity index (χ2v) is 4.89. The molecule has 0 aliphatic carbocycles. The van der Waals surface area contributed by atoms with Crippen LogP contribution in [0.4, 0.5) is 16.3 Å². The first-order chi connectivity index (χ1) is 10.4. The highest BCUT2D eigenvalue weighted by atomic mass is 16.6. The van der Waals surface area contributed by atoms with Crippen LogP contribution in [0, 0.1) is 17.0 Å². The van der Waals surface area contributed by atoms with E-state index in [0.29, 0.717) is 17.1 Å². The van der Waals surface area contributed by atoms with Gasteiger partial charge in [0.2, 0.25) is 0 Å². The van der Waals surface area contributed by atoms with Gasteiger partial charge in [-0.05, 0) is 19.4 Å². The van der Waals surface area contributed by atoms with Crippen molar-refractivity contribution >= 4 is 17.5 Å². The first-order valence-electron chi connectivity index (χ1n) is 6.60. The van der Waals surface area contributed by atoms with Crippen LogP contribution in [0.25, 0.3) is 0 Å². The zero-order chi connectivity index (χ0) is 16.3. The van der Waals surface area contributed by atoms with Gasteiger partial charge >= 0.3 is 6.03 Å². The number of hydrogen-bond donors (Lipinski definition) is 1. The highest BCUT2D eigenvalue weighted by Gasteiger charge is 2.20. The summed E-state index contributed by atoms with van der Waals surface area (Å²) in [5.41, 5.74) is 0.661. The Labute approximate surface area is 126 Å². The number of carbonyl (C=O) groups is 1. The lowest BCUT2D eigenvalue weighted by Gasteiger charge is -2.24. The predicted molar refractivity (Wildman–Crippen MR) is 79.5 cm³/mol. The van der Waals surface area contributed by atoms with Crippen LogP contribution < -0.4 is 5.32 Å². The molecule has 0 bridgehead atoms. The molecule has 22 heavy (non-hydrogen) atoms. The molecule has 1 heterocycles. The quantitative estimate of drug-likeness (QED) is 0.690. The fraction of sp³-hybridized carbons (Fsp3) is 0.286. The lowest BCUT2D eigenvalue weighted by atomic mass is 10.1. The second-order valence-electron chi connectivity index (χ2n) is 4.89. The van der Waals surface area contributed by atoms with E-state index in [0.717, 1.165) is 0 Å². The maximum absolute atomic E-state index is 12.2. The van der Waals surface area contributed by atoms with E-state index >= 15 is 0 Å². The summed E-state index contributed by atoms with van der Waals surface area (Å²) in [6.07, 6.45) is 0. The lowest BCUT2D eigenvalue weighted by Crippen LogP contribution is -2.33. The highest BCUT2D eigenvalue weighted by Crippen LogP contribution is 2.23. The number of aryl methyl sites for hydroxylation is 1. The van der Waals surface area contributed by atoms with Crippen LogP contribution >= 0.6 is 0 Å². The number of nitro benzene ring substituents is 1. The first kappa shape index (κ1) is 15.5. The molecular formula is C14H16N4O4. The molecule has 0 aliphatic rings. The Bertz CT molecular complexity index is 698. The molecule has 0 radical (unpaired) electrons. The van der Waals surface area contributed by atoms with E-state index in [-0.39, 0.29) is 17.8 Å². The van der Waals surface area contributed by atoms with Gasteiger partial charge in [0.05, 0.1) is 11.0 Å². The molecule has 8 nitrogen and oxygen atoms in total. The SMILES string of the molecule is Cc1cc(NC(=O)N(C)[C@H](C)c2cccc([N+](=O)[O-])c2)no1. The Morgan fingerprint density at radius 1 is 1.45 bits per heavy atom. The van der Waals surface area contributed by atoms with Crippen molar-refractivity contribution in [2.24, 2.45) is 0 Å². The maximum atomic E-state index is 12.2. The van der Waals surface area contributed by atoms with Crippen molar-refractivity contribution in [2.45, 2.75) is 19.9 Å². The van der Waals surface area contributed by atoms with Crippen LogP contribution in [0.1, 0.15) is 24.3 Å². The van der Waals surface area contributed by atoms with E-state index in [2.05, 4.69) is 10.5 Å². The van der Waals surface area contributed by atoms with Gasteiger partial charge in [-0.2, -0.15) is 0 Å². The van der Waals surface area contributed by atoms with Crippen LogP contribution in [-0.2, 0) is 0 Å². The van der Waals surface area contributed by atoms with Gasteiger partial charge in [0.25, 0.3) is 5.69 Å². The van der Waals surface area contributed by atoms with Gasteiger partial charge in [-0.15, -0.1) is 0 Å². The molecule has 0 fully saturated rings. The largest absolute Gasteiger partial charge is 0.360 e. The number of urea groups is 1. The predicted octanol–water partition coefficient (Wildman–Crippen LogP) is 3.12. The molecule has 2 amide bonds. The van der Waals surface area contributed by atoms with Crippen LogP contribution in [-0.4, -0.2) is 28.1 Å². The van der Waals surface area contributed by atoms with Crippen LogP contribution in [0.5, 0.6) is 0 Å². The van der Waals surface area contributed by atoms with Crippen molar-refractivity contribution < 1.29 is 14.2 Å². The van der Waals surface area contributed by atoms with Gasteiger partial charge in [-0.25, -0.2) is 4.79 Å². The van der Waals surface area contributed by atoms with Gasteiger partial charge in [0, 0.05) is 25.2 Å². The van der Waals surface area contributed by atoms with Crippen molar-refractivity contribution in [2.75, 3.05) is 12.4 Å². The zero-order valence-corrected chi connectivity index (χ0v) is 12.4. The topological polar surface area (TPSA) is 102 Å². The molecule has 2 rings (SSSR count). The molecule has 0 saturated carbocycles. The number of rotatable bonds is 4. The van der Waals surface area contributed by atoms with Gasteiger partial charge < -0.3 is 9.42 Å². The fourth-order valence-corrected chi connectivity index (χ4v) is 1.92. The fourth-order valence-electron chi connectivity index (χ4n) is 1.92. The van der Waals surface area contributed by atoms with Gasteiger partial charge in [0.1, 0.15) is 5.76 Å². The Balaban J connectivity index is 2.10. The average Bonchev–Trinajstić information content (AvgIpc) is 2.90. The van der Waals surface area contributed by atoms with E-state index in [4.69, 9.17) is 4.52 Å². The van der Waals surface area contributed by atoms with Crippen molar-refractivity contribution in [3.8, 4) is 0 Å². The summed E-state index contributed by atoms with van der Waals surface area (Å²) in [5, 5.41) is 17.1. The van der Waals surface area contributed by atoms with Crippen molar-refractivity contribution in [3.63, 3.8) is 0 Å². The average molecular weight is 304 g/mol. The number of nitrogens with one attached hydrogen (secondary N) is 1. The molecule has 116 valence electrons. The van der Waals surface area contributed by atoms with E-state index in [1.54, 1.807) is 39.1 Å². The second kappa shape index (κ2) is 6.25. The summed E-state index contributed by atoms with van der Waals surface area (Å²) < 4.78 is 4.87. The highest BCUT2D eigenvalue weighted by molar-refractivity contribution is 5.88. The summed E-state index contributed by atoms with van der Waals surface area (Å²) in [6, 6.07) is 7.07. The van der Waals surface area contributed by atoms with Crippen LogP contribution in [0.3, 0.4) is 0 Å². The van der Waals surface area contributed by atoms with Gasteiger partial charge in [-0.1, -0.05) is 17.3 Å². The molecular weight excluding hydrogens is 288 g/mol. The summed E-state index contributed by atoms with van der Waals surface area (Å²) in [5.74, 6) is 0.908. The number of hydrogen-bond acceptors (Lipinski definition) is 5. The Morgan fingerprint density at radius 3 is 2.77 bits per heavy atom.